The van der Waals surface area contributed by atoms with Gasteiger partial charge in [-0.3, -0.25) is 9.59 Å². The van der Waals surface area contributed by atoms with Crippen LogP contribution in [-0.2, 0) is 22.4 Å². The SMILES string of the molecule is NC(=O)C1(Cc2cccc(-c3ccccc3)c2)CCN(C(=O)Cc2ccccc2F)CC1. The average Bonchev–Trinajstić information content (AvgIpc) is 2.81. The van der Waals surface area contributed by atoms with E-state index in [0.717, 1.165) is 16.7 Å². The van der Waals surface area contributed by atoms with Crippen LogP contribution in [0.3, 0.4) is 0 Å². The minimum atomic E-state index is -0.690. The molecule has 0 unspecified atom stereocenters. The molecule has 1 aliphatic rings. The number of hydrogen-bond donors (Lipinski definition) is 1. The van der Waals surface area contributed by atoms with Crippen molar-refractivity contribution in [1.82, 2.24) is 4.90 Å². The quantitative estimate of drug-likeness (QED) is 0.631. The van der Waals surface area contributed by atoms with Crippen LogP contribution in [0, 0.1) is 11.2 Å². The Bertz CT molecular complexity index is 1110. The third-order valence-electron chi connectivity index (χ3n) is 6.47. The van der Waals surface area contributed by atoms with Gasteiger partial charge in [-0.25, -0.2) is 4.39 Å². The van der Waals surface area contributed by atoms with Crippen LogP contribution in [0.25, 0.3) is 11.1 Å². The van der Waals surface area contributed by atoms with Crippen LogP contribution >= 0.6 is 0 Å². The number of primary amides is 1. The maximum absolute atomic E-state index is 13.9. The van der Waals surface area contributed by atoms with Gasteiger partial charge in [-0.15, -0.1) is 0 Å². The fourth-order valence-electron chi connectivity index (χ4n) is 4.49. The smallest absolute Gasteiger partial charge is 0.227 e. The lowest BCUT2D eigenvalue weighted by molar-refractivity contribution is -0.138. The summed E-state index contributed by atoms with van der Waals surface area (Å²) in [7, 11) is 0. The summed E-state index contributed by atoms with van der Waals surface area (Å²) in [6, 6.07) is 24.6. The van der Waals surface area contributed by atoms with Gasteiger partial charge in [0.2, 0.25) is 11.8 Å². The molecule has 32 heavy (non-hydrogen) atoms. The number of carbonyl (C=O) groups is 2. The van der Waals surface area contributed by atoms with Crippen LogP contribution in [-0.4, -0.2) is 29.8 Å². The number of amides is 2. The van der Waals surface area contributed by atoms with Crippen molar-refractivity contribution in [2.75, 3.05) is 13.1 Å². The Labute approximate surface area is 187 Å². The predicted octanol–water partition coefficient (Wildman–Crippen LogP) is 4.37. The number of likely N-dealkylation sites (tertiary alicyclic amines) is 1. The maximum Gasteiger partial charge on any atom is 0.227 e. The maximum atomic E-state index is 13.9. The van der Waals surface area contributed by atoms with Crippen molar-refractivity contribution in [1.29, 1.82) is 0 Å². The molecule has 0 aliphatic carbocycles. The highest BCUT2D eigenvalue weighted by atomic mass is 19.1. The molecule has 4 nitrogen and oxygen atoms in total. The van der Waals surface area contributed by atoms with Gasteiger partial charge in [-0.05, 0) is 47.6 Å². The fraction of sp³-hybridized carbons (Fsp3) is 0.259. The van der Waals surface area contributed by atoms with Crippen molar-refractivity contribution in [3.63, 3.8) is 0 Å². The number of hydrogen-bond acceptors (Lipinski definition) is 2. The molecular weight excluding hydrogens is 403 g/mol. The normalized spacial score (nSPS) is 15.3. The van der Waals surface area contributed by atoms with Gasteiger partial charge < -0.3 is 10.6 Å². The van der Waals surface area contributed by atoms with E-state index in [4.69, 9.17) is 5.73 Å². The van der Waals surface area contributed by atoms with Crippen molar-refractivity contribution in [2.45, 2.75) is 25.7 Å². The minimum Gasteiger partial charge on any atom is -0.369 e. The molecule has 164 valence electrons. The third kappa shape index (κ3) is 4.72. The van der Waals surface area contributed by atoms with Crippen LogP contribution in [0.4, 0.5) is 4.39 Å². The molecule has 4 rings (SSSR count). The molecule has 0 radical (unpaired) electrons. The lowest BCUT2D eigenvalue weighted by Crippen LogP contribution is -2.50. The Hall–Kier alpha value is -3.47. The van der Waals surface area contributed by atoms with Crippen LogP contribution in [0.1, 0.15) is 24.0 Å². The van der Waals surface area contributed by atoms with E-state index in [9.17, 15) is 14.0 Å². The van der Waals surface area contributed by atoms with Crippen molar-refractivity contribution in [3.8, 4) is 11.1 Å². The molecule has 3 aromatic rings. The van der Waals surface area contributed by atoms with E-state index in [0.29, 0.717) is 37.9 Å². The van der Waals surface area contributed by atoms with E-state index in [2.05, 4.69) is 24.3 Å². The number of halogens is 1. The van der Waals surface area contributed by atoms with E-state index in [1.807, 2.05) is 30.3 Å². The van der Waals surface area contributed by atoms with E-state index >= 15 is 0 Å². The number of benzene rings is 3. The summed E-state index contributed by atoms with van der Waals surface area (Å²) in [6.07, 6.45) is 1.57. The van der Waals surface area contributed by atoms with Crippen molar-refractivity contribution in [3.05, 3.63) is 95.8 Å². The van der Waals surface area contributed by atoms with E-state index in [1.165, 1.54) is 6.07 Å². The highest BCUT2D eigenvalue weighted by molar-refractivity contribution is 5.83. The summed E-state index contributed by atoms with van der Waals surface area (Å²) < 4.78 is 13.9. The molecule has 1 saturated heterocycles. The predicted molar refractivity (Wildman–Crippen MR) is 123 cm³/mol. The summed E-state index contributed by atoms with van der Waals surface area (Å²) >= 11 is 0. The molecule has 0 saturated carbocycles. The first-order valence-electron chi connectivity index (χ1n) is 10.9. The molecule has 1 heterocycles. The summed E-state index contributed by atoms with van der Waals surface area (Å²) in [6.45, 7) is 0.878. The van der Waals surface area contributed by atoms with Crippen molar-refractivity contribution >= 4 is 11.8 Å². The van der Waals surface area contributed by atoms with E-state index in [-0.39, 0.29) is 24.1 Å². The lowest BCUT2D eigenvalue weighted by atomic mass is 9.73. The molecule has 2 N–H and O–H groups in total. The summed E-state index contributed by atoms with van der Waals surface area (Å²) in [5.41, 5.74) is 8.84. The molecule has 1 aliphatic heterocycles. The Balaban J connectivity index is 1.45. The van der Waals surface area contributed by atoms with Gasteiger partial charge in [-0.2, -0.15) is 0 Å². The summed E-state index contributed by atoms with van der Waals surface area (Å²) in [4.78, 5) is 26.9. The van der Waals surface area contributed by atoms with Crippen LogP contribution in [0.2, 0.25) is 0 Å². The van der Waals surface area contributed by atoms with Crippen molar-refractivity contribution < 1.29 is 14.0 Å². The standard InChI is InChI=1S/C27H27FN2O2/c28-24-12-5-4-10-23(24)18-25(31)30-15-13-27(14-16-30,26(29)32)19-20-7-6-11-22(17-20)21-8-2-1-3-9-21/h1-12,17H,13-16,18-19H2,(H2,29,32). The second-order valence-corrected chi connectivity index (χ2v) is 8.54. The van der Waals surface area contributed by atoms with Crippen LogP contribution < -0.4 is 5.73 Å². The Morgan fingerprint density at radius 3 is 2.22 bits per heavy atom. The zero-order valence-electron chi connectivity index (χ0n) is 18.0. The van der Waals surface area contributed by atoms with E-state index < -0.39 is 5.41 Å². The molecule has 0 aromatic heterocycles. The Morgan fingerprint density at radius 1 is 0.875 bits per heavy atom. The van der Waals surface area contributed by atoms with E-state index in [1.54, 1.807) is 23.1 Å². The lowest BCUT2D eigenvalue weighted by Gasteiger charge is -2.40. The zero-order chi connectivity index (χ0) is 22.6. The first kappa shape index (κ1) is 21.8. The monoisotopic (exact) mass is 430 g/mol. The minimum absolute atomic E-state index is 0.0232. The second-order valence-electron chi connectivity index (χ2n) is 8.54. The molecule has 3 aromatic carbocycles. The largest absolute Gasteiger partial charge is 0.369 e. The molecule has 1 fully saturated rings. The summed E-state index contributed by atoms with van der Waals surface area (Å²) in [5, 5.41) is 0. The topological polar surface area (TPSA) is 63.4 Å². The second kappa shape index (κ2) is 9.35. The average molecular weight is 431 g/mol. The molecule has 0 atom stereocenters. The van der Waals surface area contributed by atoms with Gasteiger partial charge in [0.25, 0.3) is 0 Å². The number of nitrogens with zero attached hydrogens (tertiary/aromatic N) is 1. The van der Waals surface area contributed by atoms with Gasteiger partial charge in [0.1, 0.15) is 5.82 Å². The van der Waals surface area contributed by atoms with Crippen molar-refractivity contribution in [2.24, 2.45) is 11.1 Å². The molecule has 2 amide bonds. The first-order valence-corrected chi connectivity index (χ1v) is 10.9. The number of piperidine rings is 1. The molecule has 0 spiro atoms. The van der Waals surface area contributed by atoms with Gasteiger partial charge >= 0.3 is 0 Å². The van der Waals surface area contributed by atoms with Gasteiger partial charge in [0, 0.05) is 13.1 Å². The molecule has 5 heteroatoms. The zero-order valence-corrected chi connectivity index (χ0v) is 18.0. The molecular formula is C27H27FN2O2. The number of carbonyl (C=O) groups excluding carboxylic acids is 2. The molecule has 0 bridgehead atoms. The highest BCUT2D eigenvalue weighted by Crippen LogP contribution is 2.36. The highest BCUT2D eigenvalue weighted by Gasteiger charge is 2.41. The van der Waals surface area contributed by atoms with Gasteiger partial charge in [0.15, 0.2) is 0 Å². The van der Waals surface area contributed by atoms with Crippen LogP contribution in [0.5, 0.6) is 0 Å². The Kier molecular flexibility index (Phi) is 6.35. The number of rotatable bonds is 6. The first-order chi connectivity index (χ1) is 15.5. The van der Waals surface area contributed by atoms with Gasteiger partial charge in [-0.1, -0.05) is 72.8 Å². The number of nitrogens with two attached hydrogens (primary N) is 1. The van der Waals surface area contributed by atoms with Crippen LogP contribution in [0.15, 0.2) is 78.9 Å². The fourth-order valence-corrected chi connectivity index (χ4v) is 4.49. The summed E-state index contributed by atoms with van der Waals surface area (Å²) in [5.74, 6) is -0.828. The van der Waals surface area contributed by atoms with Gasteiger partial charge in [0.05, 0.1) is 11.8 Å². The third-order valence-corrected chi connectivity index (χ3v) is 6.47. The Morgan fingerprint density at radius 2 is 1.53 bits per heavy atom.